The second-order valence-corrected chi connectivity index (χ2v) is 9.11. The second-order valence-electron chi connectivity index (χ2n) is 9.11. The van der Waals surface area contributed by atoms with Gasteiger partial charge < -0.3 is 20.5 Å². The summed E-state index contributed by atoms with van der Waals surface area (Å²) in [5, 5.41) is 19.5. The quantitative estimate of drug-likeness (QED) is 0.459. The zero-order valence-electron chi connectivity index (χ0n) is 19.7. The van der Waals surface area contributed by atoms with Gasteiger partial charge in [-0.3, -0.25) is 4.68 Å². The highest BCUT2D eigenvalue weighted by Gasteiger charge is 2.31. The van der Waals surface area contributed by atoms with E-state index in [2.05, 4.69) is 27.0 Å². The largest absolute Gasteiger partial charge is 0.494 e. The minimum Gasteiger partial charge on any atom is -0.494 e. The van der Waals surface area contributed by atoms with Crippen molar-refractivity contribution < 1.29 is 14.2 Å². The van der Waals surface area contributed by atoms with Crippen LogP contribution in [0.4, 0.5) is 16.0 Å². The summed E-state index contributed by atoms with van der Waals surface area (Å²) in [4.78, 5) is 11.4. The molecule has 3 aromatic heterocycles. The Morgan fingerprint density at radius 2 is 2.03 bits per heavy atom. The number of fused-ring (bicyclic) bond motifs is 3. The van der Waals surface area contributed by atoms with Gasteiger partial charge in [0, 0.05) is 36.2 Å². The highest BCUT2D eigenvalue weighted by Crippen LogP contribution is 2.34. The molecule has 4 aromatic rings. The van der Waals surface area contributed by atoms with Gasteiger partial charge in [-0.25, -0.2) is 14.4 Å². The van der Waals surface area contributed by atoms with Gasteiger partial charge in [0.1, 0.15) is 0 Å². The third-order valence-corrected chi connectivity index (χ3v) is 6.87. The van der Waals surface area contributed by atoms with Crippen LogP contribution in [-0.2, 0) is 0 Å². The standard InChI is InChI=1S/C23H29FN8O2/c1-12-5-6-15(10-30(12)16-9-26-31(11-16)13(2)14(3)33)21-28-22-17-7-18(24)20(34-4)8-19(17)27-23(25)32(22)29-21/h7-9,11-15,33H,5-6,10H2,1-4H3,(H2,25,27)/t12-,13?,14?,15-/m1/s1. The number of aliphatic hydroxyl groups is 1. The molecule has 0 aliphatic carbocycles. The summed E-state index contributed by atoms with van der Waals surface area (Å²) in [5.41, 5.74) is 8.13. The number of anilines is 2. The number of nitrogens with zero attached hydrogens (tertiary/aromatic N) is 7. The van der Waals surface area contributed by atoms with Crippen LogP contribution in [0.2, 0.25) is 0 Å². The number of aromatic nitrogens is 6. The van der Waals surface area contributed by atoms with Crippen molar-refractivity contribution in [1.82, 2.24) is 29.4 Å². The molecule has 0 amide bonds. The van der Waals surface area contributed by atoms with Gasteiger partial charge in [-0.2, -0.15) is 9.61 Å². The number of rotatable bonds is 5. The van der Waals surface area contributed by atoms with Crippen LogP contribution in [0.3, 0.4) is 0 Å². The summed E-state index contributed by atoms with van der Waals surface area (Å²) in [6.07, 6.45) is 5.18. The highest BCUT2D eigenvalue weighted by molar-refractivity contribution is 5.93. The van der Waals surface area contributed by atoms with Gasteiger partial charge in [0.15, 0.2) is 23.0 Å². The predicted molar refractivity (Wildman–Crippen MR) is 127 cm³/mol. The molecule has 180 valence electrons. The third kappa shape index (κ3) is 3.69. The number of hydrogen-bond acceptors (Lipinski definition) is 8. The van der Waals surface area contributed by atoms with E-state index >= 15 is 0 Å². The van der Waals surface area contributed by atoms with Crippen LogP contribution >= 0.6 is 0 Å². The second kappa shape index (κ2) is 8.39. The molecule has 4 heterocycles. The Morgan fingerprint density at radius 3 is 2.76 bits per heavy atom. The number of nitrogen functional groups attached to an aromatic ring is 1. The minimum absolute atomic E-state index is 0.0613. The minimum atomic E-state index is -0.500. The Kier molecular flexibility index (Phi) is 5.51. The number of methoxy groups -OCH3 is 1. The van der Waals surface area contributed by atoms with Crippen LogP contribution in [0.25, 0.3) is 16.6 Å². The molecular formula is C23H29FN8O2. The van der Waals surface area contributed by atoms with Crippen molar-refractivity contribution in [2.24, 2.45) is 0 Å². The van der Waals surface area contributed by atoms with E-state index < -0.39 is 11.9 Å². The first-order valence-electron chi connectivity index (χ1n) is 11.4. The maximum Gasteiger partial charge on any atom is 0.223 e. The number of ether oxygens (including phenoxy) is 1. The van der Waals surface area contributed by atoms with Crippen LogP contribution in [-0.4, -0.2) is 60.3 Å². The van der Waals surface area contributed by atoms with Crippen molar-refractivity contribution in [1.29, 1.82) is 0 Å². The molecule has 11 heteroatoms. The first-order chi connectivity index (χ1) is 16.3. The Bertz CT molecular complexity index is 1350. The monoisotopic (exact) mass is 468 g/mol. The molecular weight excluding hydrogens is 439 g/mol. The first-order valence-corrected chi connectivity index (χ1v) is 11.4. The summed E-state index contributed by atoms with van der Waals surface area (Å²) < 4.78 is 22.8. The lowest BCUT2D eigenvalue weighted by molar-refractivity contribution is 0.132. The molecule has 1 aliphatic rings. The fourth-order valence-electron chi connectivity index (χ4n) is 4.57. The number of benzene rings is 1. The van der Waals surface area contributed by atoms with Crippen molar-refractivity contribution in [3.8, 4) is 5.75 Å². The zero-order chi connectivity index (χ0) is 24.1. The Hall–Kier alpha value is -3.47. The molecule has 0 radical (unpaired) electrons. The van der Waals surface area contributed by atoms with E-state index in [1.807, 2.05) is 19.3 Å². The van der Waals surface area contributed by atoms with Crippen LogP contribution in [0.5, 0.6) is 5.75 Å². The van der Waals surface area contributed by atoms with Gasteiger partial charge in [-0.1, -0.05) is 0 Å². The van der Waals surface area contributed by atoms with Crippen LogP contribution in [0.1, 0.15) is 51.4 Å². The van der Waals surface area contributed by atoms with Crippen LogP contribution in [0, 0.1) is 5.82 Å². The predicted octanol–water partition coefficient (Wildman–Crippen LogP) is 2.92. The smallest absolute Gasteiger partial charge is 0.223 e. The Labute approximate surface area is 196 Å². The molecule has 34 heavy (non-hydrogen) atoms. The van der Waals surface area contributed by atoms with E-state index in [-0.39, 0.29) is 23.7 Å². The SMILES string of the molecule is COc1cc2nc(N)n3nc([C@@H]4CC[C@@H](C)N(c5cnn(C(C)C(C)O)c5)C4)nc3c2cc1F. The maximum absolute atomic E-state index is 14.4. The number of halogens is 1. The topological polar surface area (TPSA) is 120 Å². The lowest BCUT2D eigenvalue weighted by Gasteiger charge is -2.37. The van der Waals surface area contributed by atoms with E-state index in [1.54, 1.807) is 11.6 Å². The molecule has 0 spiro atoms. The molecule has 1 aromatic carbocycles. The van der Waals surface area contributed by atoms with Crippen molar-refractivity contribution in [3.05, 3.63) is 36.2 Å². The van der Waals surface area contributed by atoms with Crippen LogP contribution in [0.15, 0.2) is 24.5 Å². The van der Waals surface area contributed by atoms with Gasteiger partial charge in [-0.05, 0) is 39.7 Å². The molecule has 1 aliphatic heterocycles. The van der Waals surface area contributed by atoms with Crippen molar-refractivity contribution in [2.45, 2.75) is 57.7 Å². The lowest BCUT2D eigenvalue weighted by Crippen LogP contribution is -2.41. The van der Waals surface area contributed by atoms with E-state index in [1.165, 1.54) is 23.8 Å². The van der Waals surface area contributed by atoms with Gasteiger partial charge >= 0.3 is 0 Å². The Balaban J connectivity index is 1.49. The van der Waals surface area contributed by atoms with Crippen LogP contribution < -0.4 is 15.4 Å². The van der Waals surface area contributed by atoms with Gasteiger partial charge in [-0.15, -0.1) is 5.10 Å². The summed E-state index contributed by atoms with van der Waals surface area (Å²) in [6.45, 7) is 6.59. The van der Waals surface area contributed by atoms with E-state index in [0.29, 0.717) is 35.0 Å². The molecule has 3 N–H and O–H groups in total. The summed E-state index contributed by atoms with van der Waals surface area (Å²) >= 11 is 0. The van der Waals surface area contributed by atoms with Crippen molar-refractivity contribution in [3.63, 3.8) is 0 Å². The fraction of sp³-hybridized carbons (Fsp3) is 0.478. The maximum atomic E-state index is 14.4. The summed E-state index contributed by atoms with van der Waals surface area (Å²) in [7, 11) is 1.41. The average Bonchev–Trinajstić information content (AvgIpc) is 3.47. The first kappa shape index (κ1) is 22.3. The molecule has 0 saturated carbocycles. The van der Waals surface area contributed by atoms with Gasteiger partial charge in [0.25, 0.3) is 0 Å². The van der Waals surface area contributed by atoms with Crippen molar-refractivity contribution in [2.75, 3.05) is 24.3 Å². The fourth-order valence-corrected chi connectivity index (χ4v) is 4.57. The molecule has 10 nitrogen and oxygen atoms in total. The van der Waals surface area contributed by atoms with Crippen molar-refractivity contribution >= 4 is 28.2 Å². The molecule has 1 saturated heterocycles. The number of aliphatic hydroxyl groups excluding tert-OH is 1. The normalized spacial score (nSPS) is 20.7. The third-order valence-electron chi connectivity index (χ3n) is 6.87. The van der Waals surface area contributed by atoms with Gasteiger partial charge in [0.05, 0.1) is 36.7 Å². The number of piperidine rings is 1. The summed E-state index contributed by atoms with van der Waals surface area (Å²) in [5.74, 6) is 0.509. The highest BCUT2D eigenvalue weighted by atomic mass is 19.1. The zero-order valence-corrected chi connectivity index (χ0v) is 19.7. The van der Waals surface area contributed by atoms with E-state index in [4.69, 9.17) is 15.5 Å². The Morgan fingerprint density at radius 1 is 1.24 bits per heavy atom. The number of nitrogens with two attached hydrogens (primary N) is 1. The molecule has 4 atom stereocenters. The molecule has 2 unspecified atom stereocenters. The van der Waals surface area contributed by atoms with E-state index in [0.717, 1.165) is 18.5 Å². The number of hydrogen-bond donors (Lipinski definition) is 2. The molecule has 0 bridgehead atoms. The lowest BCUT2D eigenvalue weighted by atomic mass is 9.92. The average molecular weight is 469 g/mol. The molecule has 1 fully saturated rings. The van der Waals surface area contributed by atoms with Gasteiger partial charge in [0.2, 0.25) is 5.95 Å². The molecule has 5 rings (SSSR count). The van der Waals surface area contributed by atoms with E-state index in [9.17, 15) is 9.50 Å². The summed E-state index contributed by atoms with van der Waals surface area (Å²) in [6, 6.07) is 3.08.